The maximum atomic E-state index is 10.9. The zero-order valence-corrected chi connectivity index (χ0v) is 9.67. The van der Waals surface area contributed by atoms with Gasteiger partial charge in [-0.05, 0) is 40.5 Å². The minimum absolute atomic E-state index is 0.171. The fourth-order valence-electron chi connectivity index (χ4n) is 0.965. The maximum Gasteiger partial charge on any atom is 0.270 e. The summed E-state index contributed by atoms with van der Waals surface area (Å²) < 4.78 is 5.98. The molecule has 0 saturated carbocycles. The summed E-state index contributed by atoms with van der Waals surface area (Å²) in [6.07, 6.45) is 1.54. The molecule has 0 spiro atoms. The van der Waals surface area contributed by atoms with E-state index >= 15 is 0 Å². The molecule has 1 amide bonds. The van der Waals surface area contributed by atoms with E-state index in [1.165, 1.54) is 6.19 Å². The zero-order chi connectivity index (χ0) is 11.3. The van der Waals surface area contributed by atoms with Gasteiger partial charge >= 0.3 is 0 Å². The van der Waals surface area contributed by atoms with E-state index in [0.29, 0.717) is 5.75 Å². The number of benzene rings is 1. The predicted octanol–water partition coefficient (Wildman–Crippen LogP) is 1.73. The second-order valence-corrected chi connectivity index (χ2v) is 3.74. The molecule has 0 heterocycles. The lowest BCUT2D eigenvalue weighted by molar-refractivity contribution is -0.121. The van der Waals surface area contributed by atoms with Crippen LogP contribution in [0.1, 0.15) is 5.56 Å². The largest absolute Gasteiger partial charge is 0.483 e. The highest BCUT2D eigenvalue weighted by molar-refractivity contribution is 9.10. The number of nitrogens with one attached hydrogen (secondary N) is 1. The quantitative estimate of drug-likeness (QED) is 0.671. The number of amides is 1. The summed E-state index contributed by atoms with van der Waals surface area (Å²) in [5.41, 5.74) is 1.09. The van der Waals surface area contributed by atoms with Gasteiger partial charge in [-0.2, -0.15) is 5.26 Å². The van der Waals surface area contributed by atoms with Crippen molar-refractivity contribution < 1.29 is 9.53 Å². The highest BCUT2D eigenvalue weighted by atomic mass is 79.9. The van der Waals surface area contributed by atoms with Crippen molar-refractivity contribution in [2.45, 2.75) is 6.92 Å². The van der Waals surface area contributed by atoms with Gasteiger partial charge in [-0.15, -0.1) is 0 Å². The molecule has 0 radical (unpaired) electrons. The van der Waals surface area contributed by atoms with Crippen LogP contribution < -0.4 is 10.1 Å². The Morgan fingerprint density at radius 3 is 3.00 bits per heavy atom. The van der Waals surface area contributed by atoms with Gasteiger partial charge in [0.05, 0.1) is 4.47 Å². The molecule has 0 fully saturated rings. The molecule has 0 saturated heterocycles. The first kappa shape index (κ1) is 11.5. The van der Waals surface area contributed by atoms with Gasteiger partial charge in [0.2, 0.25) is 0 Å². The smallest absolute Gasteiger partial charge is 0.270 e. The van der Waals surface area contributed by atoms with E-state index in [-0.39, 0.29) is 6.61 Å². The fourth-order valence-corrected chi connectivity index (χ4v) is 1.57. The first-order valence-corrected chi connectivity index (χ1v) is 4.99. The van der Waals surface area contributed by atoms with Crippen molar-refractivity contribution in [1.82, 2.24) is 5.32 Å². The zero-order valence-electron chi connectivity index (χ0n) is 8.08. The average molecular weight is 269 g/mol. The van der Waals surface area contributed by atoms with Crippen LogP contribution in [0.25, 0.3) is 0 Å². The Hall–Kier alpha value is -1.54. The van der Waals surface area contributed by atoms with Crippen molar-refractivity contribution in [1.29, 1.82) is 5.26 Å². The Morgan fingerprint density at radius 1 is 1.67 bits per heavy atom. The summed E-state index contributed by atoms with van der Waals surface area (Å²) >= 11 is 3.31. The van der Waals surface area contributed by atoms with Crippen LogP contribution in [0.4, 0.5) is 0 Å². The molecule has 0 unspecified atom stereocenters. The molecule has 5 heteroatoms. The topological polar surface area (TPSA) is 62.1 Å². The number of aryl methyl sites for hydroxylation is 1. The van der Waals surface area contributed by atoms with E-state index in [1.807, 2.05) is 24.4 Å². The molecule has 0 aliphatic carbocycles. The number of carbonyl (C=O) groups excluding carboxylic acids is 1. The monoisotopic (exact) mass is 268 g/mol. The van der Waals surface area contributed by atoms with Crippen LogP contribution in [-0.2, 0) is 4.79 Å². The molecule has 0 bridgehead atoms. The third-order valence-corrected chi connectivity index (χ3v) is 2.26. The minimum atomic E-state index is -0.468. The molecular weight excluding hydrogens is 260 g/mol. The van der Waals surface area contributed by atoms with Gasteiger partial charge in [-0.1, -0.05) is 6.07 Å². The first-order valence-electron chi connectivity index (χ1n) is 4.20. The Labute approximate surface area is 96.0 Å². The van der Waals surface area contributed by atoms with Crippen molar-refractivity contribution >= 4 is 21.8 Å². The van der Waals surface area contributed by atoms with E-state index in [1.54, 1.807) is 6.07 Å². The summed E-state index contributed by atoms with van der Waals surface area (Å²) in [5, 5.41) is 10.2. The molecule has 0 aliphatic rings. The van der Waals surface area contributed by atoms with Crippen LogP contribution in [0.5, 0.6) is 5.75 Å². The number of hydrogen-bond acceptors (Lipinski definition) is 3. The Kier molecular flexibility index (Phi) is 4.13. The SMILES string of the molecule is Cc1ccc(OCC(=O)NC#N)c(Br)c1. The second-order valence-electron chi connectivity index (χ2n) is 2.88. The van der Waals surface area contributed by atoms with Crippen LogP contribution in [0, 0.1) is 18.4 Å². The van der Waals surface area contributed by atoms with Gasteiger partial charge in [-0.25, -0.2) is 0 Å². The van der Waals surface area contributed by atoms with Crippen LogP contribution in [0.2, 0.25) is 0 Å². The van der Waals surface area contributed by atoms with Gasteiger partial charge in [0.15, 0.2) is 12.8 Å². The molecule has 1 rings (SSSR count). The van der Waals surface area contributed by atoms with Crippen LogP contribution in [0.3, 0.4) is 0 Å². The van der Waals surface area contributed by atoms with Crippen molar-refractivity contribution in [3.63, 3.8) is 0 Å². The third-order valence-electron chi connectivity index (χ3n) is 1.64. The van der Waals surface area contributed by atoms with E-state index in [9.17, 15) is 4.79 Å². The van der Waals surface area contributed by atoms with Crippen LogP contribution in [0.15, 0.2) is 22.7 Å². The van der Waals surface area contributed by atoms with Crippen molar-refractivity contribution in [2.75, 3.05) is 6.61 Å². The summed E-state index contributed by atoms with van der Waals surface area (Å²) in [7, 11) is 0. The molecule has 4 nitrogen and oxygen atoms in total. The standard InChI is InChI=1S/C10H9BrN2O2/c1-7-2-3-9(8(11)4-7)15-5-10(14)13-6-12/h2-4H,5H2,1H3,(H,13,14). The normalized spacial score (nSPS) is 9.13. The molecule has 0 aromatic heterocycles. The average Bonchev–Trinajstić information content (AvgIpc) is 2.17. The van der Waals surface area contributed by atoms with Crippen LogP contribution in [-0.4, -0.2) is 12.5 Å². The lowest BCUT2D eigenvalue weighted by Crippen LogP contribution is -2.24. The molecule has 1 aromatic rings. The maximum absolute atomic E-state index is 10.9. The number of carbonyl (C=O) groups is 1. The number of halogens is 1. The van der Waals surface area contributed by atoms with E-state index < -0.39 is 5.91 Å². The molecule has 1 N–H and O–H groups in total. The van der Waals surface area contributed by atoms with Gasteiger partial charge in [0.1, 0.15) is 5.75 Å². The molecule has 0 aliphatic heterocycles. The van der Waals surface area contributed by atoms with Gasteiger partial charge in [0.25, 0.3) is 5.91 Å². The van der Waals surface area contributed by atoms with Gasteiger partial charge in [0, 0.05) is 0 Å². The molecule has 0 atom stereocenters. The van der Waals surface area contributed by atoms with E-state index in [4.69, 9.17) is 10.00 Å². The number of nitriles is 1. The number of nitrogens with zero attached hydrogens (tertiary/aromatic N) is 1. The predicted molar refractivity (Wildman–Crippen MR) is 58.1 cm³/mol. The Bertz CT molecular complexity index is 412. The second kappa shape index (κ2) is 5.37. The fraction of sp³-hybridized carbons (Fsp3) is 0.200. The molecular formula is C10H9BrN2O2. The first-order chi connectivity index (χ1) is 7.13. The molecule has 15 heavy (non-hydrogen) atoms. The van der Waals surface area contributed by atoms with Crippen LogP contribution >= 0.6 is 15.9 Å². The molecule has 1 aromatic carbocycles. The van der Waals surface area contributed by atoms with E-state index in [2.05, 4.69) is 15.9 Å². The molecule has 78 valence electrons. The van der Waals surface area contributed by atoms with E-state index in [0.717, 1.165) is 10.0 Å². The number of rotatable bonds is 3. The van der Waals surface area contributed by atoms with Crippen molar-refractivity contribution in [3.8, 4) is 11.9 Å². The Morgan fingerprint density at radius 2 is 2.40 bits per heavy atom. The van der Waals surface area contributed by atoms with Crippen molar-refractivity contribution in [2.24, 2.45) is 0 Å². The summed E-state index contributed by atoms with van der Waals surface area (Å²) in [6.45, 7) is 1.78. The summed E-state index contributed by atoms with van der Waals surface area (Å²) in [4.78, 5) is 10.9. The highest BCUT2D eigenvalue weighted by Crippen LogP contribution is 2.25. The lowest BCUT2D eigenvalue weighted by Gasteiger charge is -2.06. The highest BCUT2D eigenvalue weighted by Gasteiger charge is 2.04. The number of ether oxygens (including phenoxy) is 1. The van der Waals surface area contributed by atoms with Crippen molar-refractivity contribution in [3.05, 3.63) is 28.2 Å². The lowest BCUT2D eigenvalue weighted by atomic mass is 10.2. The third kappa shape index (κ3) is 3.60. The minimum Gasteiger partial charge on any atom is -0.483 e. The van der Waals surface area contributed by atoms with Gasteiger partial charge < -0.3 is 4.74 Å². The number of hydrogen-bond donors (Lipinski definition) is 1. The van der Waals surface area contributed by atoms with Gasteiger partial charge in [-0.3, -0.25) is 10.1 Å². The Balaban J connectivity index is 2.59. The summed E-state index contributed by atoms with van der Waals surface area (Å²) in [6, 6.07) is 5.53. The summed E-state index contributed by atoms with van der Waals surface area (Å²) in [5.74, 6) is 0.110.